The largest absolute Gasteiger partial charge is 0.338 e. The Kier molecular flexibility index (Phi) is 6.94. The van der Waals surface area contributed by atoms with Crippen LogP contribution in [0.1, 0.15) is 33.1 Å². The van der Waals surface area contributed by atoms with Crippen molar-refractivity contribution >= 4 is 50.1 Å². The topological polar surface area (TPSA) is 72.3 Å². The van der Waals surface area contributed by atoms with Crippen molar-refractivity contribution in [2.45, 2.75) is 50.9 Å². The molecule has 1 saturated heterocycles. The molecule has 6 nitrogen and oxygen atoms in total. The van der Waals surface area contributed by atoms with Crippen molar-refractivity contribution in [3.05, 3.63) is 23.2 Å². The van der Waals surface area contributed by atoms with E-state index in [2.05, 4.69) is 16.5 Å². The summed E-state index contributed by atoms with van der Waals surface area (Å²) in [5.74, 6) is 0.473. The molecule has 1 aliphatic heterocycles. The van der Waals surface area contributed by atoms with E-state index in [1.54, 1.807) is 4.90 Å². The number of carbonyl (C=O) groups excluding carboxylic acids is 1. The molecule has 0 aliphatic carbocycles. The number of aryl methyl sites for hydroxylation is 1. The predicted molar refractivity (Wildman–Crippen MR) is 115 cm³/mol. The van der Waals surface area contributed by atoms with Crippen LogP contribution in [0.5, 0.6) is 0 Å². The molecule has 154 valence electrons. The smallest absolute Gasteiger partial charge is 0.233 e. The minimum absolute atomic E-state index is 0.0258. The van der Waals surface area contributed by atoms with Crippen LogP contribution in [0, 0.1) is 0 Å². The molecule has 1 atom stereocenters. The zero-order valence-corrected chi connectivity index (χ0v) is 18.6. The first-order valence-corrected chi connectivity index (χ1v) is 12.8. The lowest BCUT2D eigenvalue weighted by Gasteiger charge is -2.27. The highest BCUT2D eigenvalue weighted by atomic mass is 35.5. The third kappa shape index (κ3) is 4.83. The lowest BCUT2D eigenvalue weighted by atomic mass is 10.2. The van der Waals surface area contributed by atoms with Crippen molar-refractivity contribution < 1.29 is 13.2 Å². The van der Waals surface area contributed by atoms with Gasteiger partial charge in [0.25, 0.3) is 0 Å². The van der Waals surface area contributed by atoms with Crippen LogP contribution in [0.15, 0.2) is 23.4 Å². The maximum absolute atomic E-state index is 12.9. The molecule has 0 saturated carbocycles. The van der Waals surface area contributed by atoms with Crippen LogP contribution in [0.25, 0.3) is 11.0 Å². The van der Waals surface area contributed by atoms with Gasteiger partial charge in [0, 0.05) is 24.2 Å². The van der Waals surface area contributed by atoms with Gasteiger partial charge >= 0.3 is 0 Å². The molecule has 1 aromatic carbocycles. The van der Waals surface area contributed by atoms with Gasteiger partial charge in [0.2, 0.25) is 5.91 Å². The number of amides is 1. The van der Waals surface area contributed by atoms with Gasteiger partial charge in [-0.15, -0.1) is 0 Å². The molecule has 1 unspecified atom stereocenters. The summed E-state index contributed by atoms with van der Waals surface area (Å²) in [4.78, 5) is 19.3. The van der Waals surface area contributed by atoms with Crippen LogP contribution in [-0.4, -0.2) is 58.6 Å². The summed E-state index contributed by atoms with van der Waals surface area (Å²) in [6.45, 7) is 5.50. The van der Waals surface area contributed by atoms with Crippen molar-refractivity contribution in [2.24, 2.45) is 0 Å². The lowest BCUT2D eigenvalue weighted by Crippen LogP contribution is -2.42. The van der Waals surface area contributed by atoms with E-state index < -0.39 is 9.84 Å². The first kappa shape index (κ1) is 21.5. The second-order valence-electron chi connectivity index (χ2n) is 7.11. The zero-order chi connectivity index (χ0) is 20.3. The van der Waals surface area contributed by atoms with Gasteiger partial charge in [0.15, 0.2) is 15.0 Å². The molecule has 2 heterocycles. The number of thioether (sulfide) groups is 1. The molecule has 0 spiro atoms. The number of carbonyl (C=O) groups is 1. The fourth-order valence-electron chi connectivity index (χ4n) is 3.61. The number of imidazole rings is 1. The second kappa shape index (κ2) is 9.05. The van der Waals surface area contributed by atoms with E-state index in [1.807, 2.05) is 25.1 Å². The summed E-state index contributed by atoms with van der Waals surface area (Å²) in [5, 5.41) is 1.43. The van der Waals surface area contributed by atoms with Gasteiger partial charge in [0.1, 0.15) is 0 Å². The molecule has 0 radical (unpaired) electrons. The number of aromatic nitrogens is 2. The summed E-state index contributed by atoms with van der Waals surface area (Å²) in [5.41, 5.74) is 1.83. The molecular formula is C19H26ClN3O3S2. The molecule has 0 bridgehead atoms. The van der Waals surface area contributed by atoms with E-state index in [4.69, 9.17) is 11.6 Å². The third-order valence-corrected chi connectivity index (χ3v) is 7.83. The Morgan fingerprint density at radius 1 is 1.36 bits per heavy atom. The second-order valence-corrected chi connectivity index (χ2v) is 10.7. The summed E-state index contributed by atoms with van der Waals surface area (Å²) >= 11 is 7.50. The lowest BCUT2D eigenvalue weighted by molar-refractivity contribution is -0.130. The molecule has 1 aromatic heterocycles. The number of sulfone groups is 1. The monoisotopic (exact) mass is 443 g/mol. The molecule has 1 fully saturated rings. The molecule has 2 aromatic rings. The molecule has 3 rings (SSSR count). The number of halogens is 1. The van der Waals surface area contributed by atoms with Crippen molar-refractivity contribution in [3.8, 4) is 0 Å². The number of hydrogen-bond acceptors (Lipinski definition) is 5. The highest BCUT2D eigenvalue weighted by Crippen LogP contribution is 2.27. The van der Waals surface area contributed by atoms with E-state index >= 15 is 0 Å². The summed E-state index contributed by atoms with van der Waals surface area (Å²) in [7, 11) is -3.02. The van der Waals surface area contributed by atoms with Crippen molar-refractivity contribution in [2.75, 3.05) is 23.8 Å². The van der Waals surface area contributed by atoms with Crippen LogP contribution in [0.4, 0.5) is 0 Å². The van der Waals surface area contributed by atoms with E-state index in [0.717, 1.165) is 35.6 Å². The van der Waals surface area contributed by atoms with Crippen LogP contribution in [0.2, 0.25) is 5.02 Å². The van der Waals surface area contributed by atoms with Gasteiger partial charge in [-0.3, -0.25) is 4.79 Å². The van der Waals surface area contributed by atoms with Gasteiger partial charge in [-0.25, -0.2) is 13.4 Å². The molecular weight excluding hydrogens is 418 g/mol. The maximum Gasteiger partial charge on any atom is 0.233 e. The molecule has 9 heteroatoms. The molecule has 1 amide bonds. The van der Waals surface area contributed by atoms with Crippen molar-refractivity contribution in [1.82, 2.24) is 14.5 Å². The number of benzene rings is 1. The van der Waals surface area contributed by atoms with Gasteiger partial charge in [-0.05, 0) is 37.5 Å². The van der Waals surface area contributed by atoms with Gasteiger partial charge in [0.05, 0.1) is 28.3 Å². The molecule has 1 aliphatic rings. The Balaban J connectivity index is 1.76. The fourth-order valence-corrected chi connectivity index (χ4v) is 6.44. The van der Waals surface area contributed by atoms with Crippen LogP contribution >= 0.6 is 23.4 Å². The summed E-state index contributed by atoms with van der Waals surface area (Å²) in [6.07, 6.45) is 2.29. The summed E-state index contributed by atoms with van der Waals surface area (Å²) in [6, 6.07) is 5.44. The van der Waals surface area contributed by atoms with Crippen LogP contribution in [-0.2, 0) is 21.2 Å². The Hall–Kier alpha value is -1.25. The Morgan fingerprint density at radius 3 is 2.79 bits per heavy atom. The highest BCUT2D eigenvalue weighted by molar-refractivity contribution is 7.99. The van der Waals surface area contributed by atoms with Crippen molar-refractivity contribution in [1.29, 1.82) is 0 Å². The Labute approximate surface area is 175 Å². The maximum atomic E-state index is 12.9. The first-order chi connectivity index (χ1) is 13.3. The Morgan fingerprint density at radius 2 is 2.14 bits per heavy atom. The van der Waals surface area contributed by atoms with Crippen LogP contribution < -0.4 is 0 Å². The fraction of sp³-hybridized carbons (Fsp3) is 0.579. The number of rotatable bonds is 8. The SMILES string of the molecule is CCCN(C(=O)CSc1nc2cc(Cl)ccc2n1CCC)C1CCS(=O)(=O)C1. The Bertz CT molecular complexity index is 959. The standard InChI is InChI=1S/C19H26ClN3O3S2/c1-3-8-22(15-7-10-28(25,26)13-15)18(24)12-27-19-21-16-11-14(20)5-6-17(16)23(19)9-4-2/h5-6,11,15H,3-4,7-10,12-13H2,1-2H3. The normalized spacial score (nSPS) is 18.6. The van der Waals surface area contributed by atoms with E-state index in [9.17, 15) is 13.2 Å². The number of fused-ring (bicyclic) bond motifs is 1. The average molecular weight is 444 g/mol. The molecule has 0 N–H and O–H groups in total. The first-order valence-electron chi connectivity index (χ1n) is 9.63. The van der Waals surface area contributed by atoms with Crippen molar-refractivity contribution in [3.63, 3.8) is 0 Å². The van der Waals surface area contributed by atoms with E-state index in [1.165, 1.54) is 11.8 Å². The van der Waals surface area contributed by atoms with E-state index in [0.29, 0.717) is 18.0 Å². The van der Waals surface area contributed by atoms with Gasteiger partial charge in [-0.2, -0.15) is 0 Å². The zero-order valence-electron chi connectivity index (χ0n) is 16.2. The number of hydrogen-bond donors (Lipinski definition) is 0. The quantitative estimate of drug-likeness (QED) is 0.582. The molecule has 28 heavy (non-hydrogen) atoms. The minimum atomic E-state index is -3.02. The highest BCUT2D eigenvalue weighted by Gasteiger charge is 2.34. The average Bonchev–Trinajstić information content (AvgIpc) is 3.17. The van der Waals surface area contributed by atoms with Crippen LogP contribution in [0.3, 0.4) is 0 Å². The third-order valence-electron chi connectivity index (χ3n) is 4.88. The van der Waals surface area contributed by atoms with E-state index in [-0.39, 0.29) is 29.2 Å². The predicted octanol–water partition coefficient (Wildman–Crippen LogP) is 3.62. The summed E-state index contributed by atoms with van der Waals surface area (Å²) < 4.78 is 25.8. The van der Waals surface area contributed by atoms with Gasteiger partial charge in [-0.1, -0.05) is 37.2 Å². The number of nitrogens with zero attached hydrogens (tertiary/aromatic N) is 3. The van der Waals surface area contributed by atoms with Gasteiger partial charge < -0.3 is 9.47 Å². The minimum Gasteiger partial charge on any atom is -0.338 e.